The fraction of sp³-hybridized carbons (Fsp3) is 0.727. The van der Waals surface area contributed by atoms with Crippen molar-refractivity contribution in [3.05, 3.63) is 18.0 Å². The average Bonchev–Trinajstić information content (AvgIpc) is 2.64. The lowest BCUT2D eigenvalue weighted by Gasteiger charge is -2.37. The van der Waals surface area contributed by atoms with E-state index in [1.165, 1.54) is 10.9 Å². The Kier molecular flexibility index (Phi) is 2.93. The Morgan fingerprint density at radius 1 is 1.53 bits per heavy atom. The van der Waals surface area contributed by atoms with E-state index < -0.39 is 17.7 Å². The van der Waals surface area contributed by atoms with Gasteiger partial charge in [0.1, 0.15) is 0 Å². The summed E-state index contributed by atoms with van der Waals surface area (Å²) in [6.07, 6.45) is -0.608. The monoisotopic (exact) mass is 248 g/mol. The van der Waals surface area contributed by atoms with Crippen LogP contribution in [0.5, 0.6) is 0 Å². The van der Waals surface area contributed by atoms with Crippen molar-refractivity contribution >= 4 is 0 Å². The van der Waals surface area contributed by atoms with Gasteiger partial charge in [-0.3, -0.25) is 4.68 Å². The molecule has 1 saturated carbocycles. The second-order valence-electron chi connectivity index (χ2n) is 4.77. The zero-order valence-electron chi connectivity index (χ0n) is 9.54. The van der Waals surface area contributed by atoms with E-state index >= 15 is 0 Å². The number of nitrogens with zero attached hydrogens (tertiary/aromatic N) is 2. The summed E-state index contributed by atoms with van der Waals surface area (Å²) in [5, 5.41) is 14.2. The lowest BCUT2D eigenvalue weighted by molar-refractivity contribution is -0.201. The van der Waals surface area contributed by atoms with E-state index in [1.807, 2.05) is 0 Å². The summed E-state index contributed by atoms with van der Waals surface area (Å²) in [7, 11) is 1.68. The molecule has 96 valence electrons. The number of alkyl halides is 3. The second-order valence-corrected chi connectivity index (χ2v) is 4.77. The summed E-state index contributed by atoms with van der Waals surface area (Å²) in [4.78, 5) is 0. The summed E-state index contributed by atoms with van der Waals surface area (Å²) < 4.78 is 39.5. The number of rotatable bonds is 1. The molecule has 2 unspecified atom stereocenters. The molecule has 1 aliphatic carbocycles. The Labute approximate surface area is 97.2 Å². The molecule has 0 amide bonds. The molecule has 1 heterocycles. The van der Waals surface area contributed by atoms with Gasteiger partial charge in [-0.2, -0.15) is 18.3 Å². The van der Waals surface area contributed by atoms with Crippen LogP contribution in [0.2, 0.25) is 0 Å². The number of aromatic nitrogens is 2. The van der Waals surface area contributed by atoms with Gasteiger partial charge < -0.3 is 5.11 Å². The Morgan fingerprint density at radius 3 is 2.76 bits per heavy atom. The van der Waals surface area contributed by atoms with Gasteiger partial charge in [0, 0.05) is 18.8 Å². The van der Waals surface area contributed by atoms with Gasteiger partial charge in [0.15, 0.2) is 0 Å². The van der Waals surface area contributed by atoms with Crippen LogP contribution >= 0.6 is 0 Å². The van der Waals surface area contributed by atoms with Gasteiger partial charge in [-0.05, 0) is 25.7 Å². The summed E-state index contributed by atoms with van der Waals surface area (Å²) in [6.45, 7) is 0. The average molecular weight is 248 g/mol. The molecule has 0 radical (unpaired) electrons. The second kappa shape index (κ2) is 4.01. The standard InChI is InChI=1S/C11H15F3N2O/c1-16-7-9(6-15-16)10(17)4-2-3-8(5-10)11(12,13)14/h6-8,17H,2-5H2,1H3. The van der Waals surface area contributed by atoms with E-state index in [0.29, 0.717) is 18.4 Å². The van der Waals surface area contributed by atoms with Gasteiger partial charge in [-0.1, -0.05) is 0 Å². The highest BCUT2D eigenvalue weighted by Gasteiger charge is 2.47. The molecule has 3 nitrogen and oxygen atoms in total. The molecule has 1 fully saturated rings. The lowest BCUT2D eigenvalue weighted by atomic mass is 9.75. The van der Waals surface area contributed by atoms with Crippen LogP contribution in [0.15, 0.2) is 12.4 Å². The predicted octanol–water partition coefficient (Wildman–Crippen LogP) is 2.36. The van der Waals surface area contributed by atoms with Gasteiger partial charge in [0.05, 0.1) is 17.7 Å². The van der Waals surface area contributed by atoms with E-state index in [9.17, 15) is 18.3 Å². The van der Waals surface area contributed by atoms with Crippen molar-refractivity contribution in [1.29, 1.82) is 0 Å². The molecule has 1 aromatic heterocycles. The van der Waals surface area contributed by atoms with Crippen molar-refractivity contribution in [2.75, 3.05) is 0 Å². The molecule has 2 rings (SSSR count). The summed E-state index contributed by atoms with van der Waals surface area (Å²) in [5.74, 6) is -1.42. The van der Waals surface area contributed by atoms with Gasteiger partial charge in [-0.15, -0.1) is 0 Å². The van der Waals surface area contributed by atoms with Crippen LogP contribution in [0.1, 0.15) is 31.2 Å². The van der Waals surface area contributed by atoms with Crippen LogP contribution in [-0.4, -0.2) is 21.1 Å². The highest BCUT2D eigenvalue weighted by Crippen LogP contribution is 2.45. The number of aliphatic hydroxyl groups is 1. The van der Waals surface area contributed by atoms with Crippen molar-refractivity contribution in [2.45, 2.75) is 37.5 Å². The van der Waals surface area contributed by atoms with Crippen LogP contribution in [0, 0.1) is 5.92 Å². The first kappa shape index (κ1) is 12.4. The molecule has 17 heavy (non-hydrogen) atoms. The molecule has 1 N–H and O–H groups in total. The zero-order valence-corrected chi connectivity index (χ0v) is 9.54. The molecule has 0 spiro atoms. The molecular formula is C11H15F3N2O. The third kappa shape index (κ3) is 2.46. The first-order valence-corrected chi connectivity index (χ1v) is 5.59. The topological polar surface area (TPSA) is 38.0 Å². The number of hydrogen-bond acceptors (Lipinski definition) is 2. The summed E-state index contributed by atoms with van der Waals surface area (Å²) in [6, 6.07) is 0. The van der Waals surface area contributed by atoms with Gasteiger partial charge in [-0.25, -0.2) is 0 Å². The number of halogens is 3. The van der Waals surface area contributed by atoms with Crippen LogP contribution in [-0.2, 0) is 12.6 Å². The van der Waals surface area contributed by atoms with Crippen LogP contribution in [0.25, 0.3) is 0 Å². The maximum Gasteiger partial charge on any atom is 0.391 e. The van der Waals surface area contributed by atoms with Crippen molar-refractivity contribution < 1.29 is 18.3 Å². The molecule has 0 aromatic carbocycles. The van der Waals surface area contributed by atoms with E-state index in [0.717, 1.165) is 0 Å². The minimum Gasteiger partial charge on any atom is -0.385 e. The minimum atomic E-state index is -4.23. The summed E-state index contributed by atoms with van der Waals surface area (Å²) >= 11 is 0. The summed E-state index contributed by atoms with van der Waals surface area (Å²) in [5.41, 5.74) is -0.902. The molecule has 1 aliphatic rings. The smallest absolute Gasteiger partial charge is 0.385 e. The lowest BCUT2D eigenvalue weighted by Crippen LogP contribution is -2.38. The molecule has 1 aromatic rings. The largest absolute Gasteiger partial charge is 0.391 e. The first-order chi connectivity index (χ1) is 7.81. The number of hydrogen-bond donors (Lipinski definition) is 1. The highest BCUT2D eigenvalue weighted by atomic mass is 19.4. The molecule has 0 bridgehead atoms. The molecule has 0 aliphatic heterocycles. The normalized spacial score (nSPS) is 30.5. The fourth-order valence-electron chi connectivity index (χ4n) is 2.46. The third-order valence-electron chi connectivity index (χ3n) is 3.43. The van der Waals surface area contributed by atoms with Gasteiger partial charge in [0.2, 0.25) is 0 Å². The van der Waals surface area contributed by atoms with E-state index in [4.69, 9.17) is 0 Å². The van der Waals surface area contributed by atoms with Gasteiger partial charge >= 0.3 is 6.18 Å². The molecule has 6 heteroatoms. The van der Waals surface area contributed by atoms with Crippen molar-refractivity contribution in [1.82, 2.24) is 9.78 Å². The maximum atomic E-state index is 12.7. The Bertz CT molecular complexity index is 402. The molecular weight excluding hydrogens is 233 g/mol. The Morgan fingerprint density at radius 2 is 2.24 bits per heavy atom. The molecule has 2 atom stereocenters. The zero-order chi connectivity index (χ0) is 12.7. The fourth-order valence-corrected chi connectivity index (χ4v) is 2.46. The Balaban J connectivity index is 2.21. The SMILES string of the molecule is Cn1cc(C2(O)CCCC(C(F)(F)F)C2)cn1. The first-order valence-electron chi connectivity index (χ1n) is 5.59. The van der Waals surface area contributed by atoms with Crippen LogP contribution in [0.4, 0.5) is 13.2 Å². The van der Waals surface area contributed by atoms with Crippen LogP contribution in [0.3, 0.4) is 0 Å². The highest BCUT2D eigenvalue weighted by molar-refractivity contribution is 5.16. The Hall–Kier alpha value is -1.04. The van der Waals surface area contributed by atoms with Crippen molar-refractivity contribution in [3.63, 3.8) is 0 Å². The molecule has 0 saturated heterocycles. The maximum absolute atomic E-state index is 12.7. The number of aryl methyl sites for hydroxylation is 1. The van der Waals surface area contributed by atoms with Gasteiger partial charge in [0.25, 0.3) is 0 Å². The third-order valence-corrected chi connectivity index (χ3v) is 3.43. The van der Waals surface area contributed by atoms with E-state index in [-0.39, 0.29) is 12.8 Å². The van der Waals surface area contributed by atoms with Crippen molar-refractivity contribution in [3.8, 4) is 0 Å². The minimum absolute atomic E-state index is 0.103. The predicted molar refractivity (Wildman–Crippen MR) is 55.1 cm³/mol. The van der Waals surface area contributed by atoms with Crippen LogP contribution < -0.4 is 0 Å². The van der Waals surface area contributed by atoms with Crippen molar-refractivity contribution in [2.24, 2.45) is 13.0 Å². The van der Waals surface area contributed by atoms with E-state index in [2.05, 4.69) is 5.10 Å². The van der Waals surface area contributed by atoms with E-state index in [1.54, 1.807) is 13.2 Å². The quantitative estimate of drug-likeness (QED) is 0.828.